The van der Waals surface area contributed by atoms with E-state index >= 15 is 0 Å². The first-order valence-corrected chi connectivity index (χ1v) is 5.39. The molecule has 0 aliphatic rings. The molecule has 0 bridgehead atoms. The molecule has 0 radical (unpaired) electrons. The summed E-state index contributed by atoms with van der Waals surface area (Å²) in [4.78, 5) is 21.1. The number of anilines is 1. The van der Waals surface area contributed by atoms with Gasteiger partial charge in [0.25, 0.3) is 5.56 Å². The van der Waals surface area contributed by atoms with Crippen molar-refractivity contribution >= 4 is 17.0 Å². The fourth-order valence-corrected chi connectivity index (χ4v) is 1.69. The van der Waals surface area contributed by atoms with Crippen LogP contribution in [0.2, 0.25) is 0 Å². The van der Waals surface area contributed by atoms with Crippen molar-refractivity contribution in [3.63, 3.8) is 0 Å². The Kier molecular flexibility index (Phi) is 3.40. The lowest BCUT2D eigenvalue weighted by molar-refractivity contribution is 0.286. The Morgan fingerprint density at radius 2 is 2.35 bits per heavy atom. The lowest BCUT2D eigenvalue weighted by atomic mass is 10.2. The molecule has 0 spiro atoms. The normalized spacial score (nSPS) is 11.1. The molecule has 7 nitrogen and oxygen atoms in total. The number of nitrogens with one attached hydrogen (secondary N) is 3. The van der Waals surface area contributed by atoms with Gasteiger partial charge >= 0.3 is 0 Å². The van der Waals surface area contributed by atoms with Crippen molar-refractivity contribution in [3.8, 4) is 0 Å². The molecule has 6 N–H and O–H groups in total. The van der Waals surface area contributed by atoms with Crippen molar-refractivity contribution in [1.29, 1.82) is 0 Å². The van der Waals surface area contributed by atoms with Crippen molar-refractivity contribution in [2.45, 2.75) is 13.0 Å². The van der Waals surface area contributed by atoms with Gasteiger partial charge in [-0.1, -0.05) is 0 Å². The first-order chi connectivity index (χ1) is 8.22. The van der Waals surface area contributed by atoms with Crippen molar-refractivity contribution in [2.24, 2.45) is 0 Å². The largest absolute Gasteiger partial charge is 0.396 e. The average molecular weight is 237 g/mol. The molecule has 7 heteroatoms. The lowest BCUT2D eigenvalue weighted by Gasteiger charge is -2.01. The van der Waals surface area contributed by atoms with E-state index in [0.717, 1.165) is 5.56 Å². The summed E-state index contributed by atoms with van der Waals surface area (Å²) < 4.78 is 0. The van der Waals surface area contributed by atoms with E-state index in [0.29, 0.717) is 30.5 Å². The van der Waals surface area contributed by atoms with Crippen LogP contribution in [0.25, 0.3) is 11.0 Å². The van der Waals surface area contributed by atoms with Gasteiger partial charge in [-0.3, -0.25) is 9.78 Å². The Labute approximate surface area is 97.1 Å². The first kappa shape index (κ1) is 11.6. The van der Waals surface area contributed by atoms with Crippen LogP contribution in [0.3, 0.4) is 0 Å². The predicted molar refractivity (Wildman–Crippen MR) is 64.5 cm³/mol. The molecule has 0 aromatic carbocycles. The Hall–Kier alpha value is -1.86. The summed E-state index contributed by atoms with van der Waals surface area (Å²) in [6.07, 6.45) is 2.42. The third-order valence-corrected chi connectivity index (χ3v) is 2.47. The molecule has 17 heavy (non-hydrogen) atoms. The summed E-state index contributed by atoms with van der Waals surface area (Å²) in [5, 5.41) is 12.3. The Bertz CT molecular complexity index is 559. The average Bonchev–Trinajstić information content (AvgIpc) is 2.68. The number of aromatic nitrogens is 3. The number of fused-ring (bicyclic) bond motifs is 1. The predicted octanol–water partition coefficient (Wildman–Crippen LogP) is -0.695. The molecule has 0 fully saturated rings. The highest BCUT2D eigenvalue weighted by Crippen LogP contribution is 2.11. The van der Waals surface area contributed by atoms with Crippen LogP contribution < -0.4 is 16.6 Å². The Morgan fingerprint density at radius 1 is 1.53 bits per heavy atom. The maximum Gasteiger partial charge on any atom is 0.262 e. The second kappa shape index (κ2) is 4.98. The topological polar surface area (TPSA) is 120 Å². The molecule has 0 aliphatic carbocycles. The van der Waals surface area contributed by atoms with Gasteiger partial charge in [-0.05, 0) is 18.5 Å². The molecule has 0 saturated heterocycles. The molecule has 2 rings (SSSR count). The lowest BCUT2D eigenvalue weighted by Crippen LogP contribution is -2.17. The van der Waals surface area contributed by atoms with Gasteiger partial charge in [-0.15, -0.1) is 0 Å². The van der Waals surface area contributed by atoms with Crippen LogP contribution in [0, 0.1) is 0 Å². The molecule has 0 saturated carbocycles. The van der Waals surface area contributed by atoms with Crippen molar-refractivity contribution in [3.05, 3.63) is 22.1 Å². The van der Waals surface area contributed by atoms with E-state index in [9.17, 15) is 4.79 Å². The molecule has 2 aromatic rings. The van der Waals surface area contributed by atoms with E-state index in [1.807, 2.05) is 0 Å². The third kappa shape index (κ3) is 2.45. The van der Waals surface area contributed by atoms with Gasteiger partial charge < -0.3 is 21.1 Å². The number of nitrogen functional groups attached to an aromatic ring is 1. The van der Waals surface area contributed by atoms with Gasteiger partial charge in [0.1, 0.15) is 5.65 Å². The van der Waals surface area contributed by atoms with Gasteiger partial charge in [0.15, 0.2) is 0 Å². The highest BCUT2D eigenvalue weighted by Gasteiger charge is 2.09. The zero-order chi connectivity index (χ0) is 12.3. The number of rotatable bonds is 5. The number of H-pyrrole nitrogens is 2. The first-order valence-electron chi connectivity index (χ1n) is 5.39. The number of aliphatic hydroxyl groups excluding tert-OH is 1. The van der Waals surface area contributed by atoms with Crippen LogP contribution in [0.4, 0.5) is 5.95 Å². The fourth-order valence-electron chi connectivity index (χ4n) is 1.69. The maximum absolute atomic E-state index is 11.7. The molecular weight excluding hydrogens is 222 g/mol. The summed E-state index contributed by atoms with van der Waals surface area (Å²) in [5.41, 5.74) is 6.53. The van der Waals surface area contributed by atoms with Crippen molar-refractivity contribution in [2.75, 3.05) is 18.9 Å². The van der Waals surface area contributed by atoms with Gasteiger partial charge in [-0.2, -0.15) is 4.98 Å². The summed E-state index contributed by atoms with van der Waals surface area (Å²) in [6, 6.07) is 0. The number of aromatic amines is 2. The molecule has 0 atom stereocenters. The standard InChI is InChI=1S/C10H15N5O2/c11-10-14-8-7(9(17)15-10)6(5-13-8)4-12-2-1-3-16/h5,12,16H,1-4H2,(H4,11,13,14,15,17). The van der Waals surface area contributed by atoms with Crippen LogP contribution in [-0.2, 0) is 6.54 Å². The van der Waals surface area contributed by atoms with Gasteiger partial charge in [0.2, 0.25) is 5.95 Å². The van der Waals surface area contributed by atoms with E-state index in [1.54, 1.807) is 6.20 Å². The van der Waals surface area contributed by atoms with Crippen LogP contribution in [0.1, 0.15) is 12.0 Å². The number of aliphatic hydroxyl groups is 1. The van der Waals surface area contributed by atoms with Crippen LogP contribution in [-0.4, -0.2) is 33.2 Å². The molecule has 0 aliphatic heterocycles. The Balaban J connectivity index is 2.21. The van der Waals surface area contributed by atoms with Crippen LogP contribution in [0.5, 0.6) is 0 Å². The molecule has 0 unspecified atom stereocenters. The van der Waals surface area contributed by atoms with Crippen molar-refractivity contribution in [1.82, 2.24) is 20.3 Å². The number of nitrogens with zero attached hydrogens (tertiary/aromatic N) is 1. The summed E-state index contributed by atoms with van der Waals surface area (Å²) >= 11 is 0. The minimum absolute atomic E-state index is 0.101. The molecule has 2 aromatic heterocycles. The maximum atomic E-state index is 11.7. The van der Waals surface area contributed by atoms with Gasteiger partial charge in [-0.25, -0.2) is 0 Å². The smallest absolute Gasteiger partial charge is 0.262 e. The highest BCUT2D eigenvalue weighted by molar-refractivity contribution is 5.79. The Morgan fingerprint density at radius 3 is 3.12 bits per heavy atom. The molecular formula is C10H15N5O2. The van der Waals surface area contributed by atoms with Gasteiger partial charge in [0.05, 0.1) is 5.39 Å². The van der Waals surface area contributed by atoms with E-state index in [1.165, 1.54) is 0 Å². The quantitative estimate of drug-likeness (QED) is 0.441. The SMILES string of the molecule is Nc1nc2[nH]cc(CNCCCO)c2c(=O)[nH]1. The fraction of sp³-hybridized carbons (Fsp3) is 0.400. The van der Waals surface area contributed by atoms with E-state index in [4.69, 9.17) is 10.8 Å². The molecule has 2 heterocycles. The van der Waals surface area contributed by atoms with E-state index < -0.39 is 0 Å². The summed E-state index contributed by atoms with van der Waals surface area (Å²) in [7, 11) is 0. The third-order valence-electron chi connectivity index (χ3n) is 2.47. The zero-order valence-electron chi connectivity index (χ0n) is 9.29. The number of hydrogen-bond acceptors (Lipinski definition) is 5. The summed E-state index contributed by atoms with van der Waals surface area (Å²) in [5.74, 6) is 0.101. The molecule has 0 amide bonds. The second-order valence-electron chi connectivity index (χ2n) is 3.74. The number of hydrogen-bond donors (Lipinski definition) is 5. The van der Waals surface area contributed by atoms with Crippen LogP contribution >= 0.6 is 0 Å². The summed E-state index contributed by atoms with van der Waals surface area (Å²) in [6.45, 7) is 1.40. The molecule has 92 valence electrons. The highest BCUT2D eigenvalue weighted by atomic mass is 16.3. The monoisotopic (exact) mass is 237 g/mol. The minimum Gasteiger partial charge on any atom is -0.396 e. The minimum atomic E-state index is -0.243. The number of nitrogens with two attached hydrogens (primary N) is 1. The van der Waals surface area contributed by atoms with Gasteiger partial charge in [0, 0.05) is 19.3 Å². The van der Waals surface area contributed by atoms with Crippen LogP contribution in [0.15, 0.2) is 11.0 Å². The van der Waals surface area contributed by atoms with E-state index in [-0.39, 0.29) is 18.1 Å². The van der Waals surface area contributed by atoms with Crippen molar-refractivity contribution < 1.29 is 5.11 Å². The zero-order valence-corrected chi connectivity index (χ0v) is 9.29. The second-order valence-corrected chi connectivity index (χ2v) is 3.74. The van der Waals surface area contributed by atoms with E-state index in [2.05, 4.69) is 20.3 Å².